The van der Waals surface area contributed by atoms with E-state index in [2.05, 4.69) is 56.3 Å². The smallest absolute Gasteiger partial charge is 0.309 e. The van der Waals surface area contributed by atoms with E-state index in [-0.39, 0.29) is 23.6 Å². The van der Waals surface area contributed by atoms with E-state index in [1.165, 1.54) is 5.56 Å². The molecule has 0 N–H and O–H groups in total. The van der Waals surface area contributed by atoms with Gasteiger partial charge >= 0.3 is 5.97 Å². The first-order chi connectivity index (χ1) is 12.5. The lowest BCUT2D eigenvalue weighted by atomic mass is 9.77. The molecular weight excluding hydrogens is 324 g/mol. The zero-order chi connectivity index (χ0) is 18.6. The molecule has 0 radical (unpaired) electrons. The van der Waals surface area contributed by atoms with Crippen LogP contribution in [0.25, 0.3) is 0 Å². The first-order valence-corrected chi connectivity index (χ1v) is 10.0. The van der Waals surface area contributed by atoms with Crippen LogP contribution in [-0.4, -0.2) is 24.3 Å². The molecule has 1 aromatic carbocycles. The van der Waals surface area contributed by atoms with Gasteiger partial charge in [0.2, 0.25) is 0 Å². The third-order valence-electron chi connectivity index (χ3n) is 5.78. The number of rotatable bonds is 6. The number of ether oxygens (including phenoxy) is 2. The highest BCUT2D eigenvalue weighted by atomic mass is 16.5. The molecule has 0 aromatic heterocycles. The molecule has 1 saturated heterocycles. The van der Waals surface area contributed by atoms with E-state index in [0.29, 0.717) is 18.4 Å². The van der Waals surface area contributed by atoms with E-state index in [1.54, 1.807) is 0 Å². The average Bonchev–Trinajstić information content (AvgIpc) is 2.89. The maximum absolute atomic E-state index is 12.4. The Kier molecular flexibility index (Phi) is 6.18. The first kappa shape index (κ1) is 19.2. The fourth-order valence-corrected chi connectivity index (χ4v) is 4.65. The van der Waals surface area contributed by atoms with E-state index in [0.717, 1.165) is 32.1 Å². The summed E-state index contributed by atoms with van der Waals surface area (Å²) in [5, 5.41) is 0. The predicted octanol–water partition coefficient (Wildman–Crippen LogP) is 4.95. The summed E-state index contributed by atoms with van der Waals surface area (Å²) in [5.74, 6) is 0.751. The Hall–Kier alpha value is -1.61. The lowest BCUT2D eigenvalue weighted by Crippen LogP contribution is -2.32. The van der Waals surface area contributed by atoms with Crippen LogP contribution in [0.3, 0.4) is 0 Å². The number of carbonyl (C=O) groups is 1. The second-order valence-electron chi connectivity index (χ2n) is 8.37. The molecule has 26 heavy (non-hydrogen) atoms. The van der Waals surface area contributed by atoms with E-state index >= 15 is 0 Å². The van der Waals surface area contributed by atoms with E-state index in [1.807, 2.05) is 6.92 Å². The summed E-state index contributed by atoms with van der Waals surface area (Å²) in [5.41, 5.74) is 1.28. The van der Waals surface area contributed by atoms with Crippen molar-refractivity contribution >= 4 is 5.97 Å². The Morgan fingerprint density at radius 3 is 2.62 bits per heavy atom. The van der Waals surface area contributed by atoms with Crippen LogP contribution in [-0.2, 0) is 20.7 Å². The molecule has 3 nitrogen and oxygen atoms in total. The SMILES string of the molecule is CCOC(=O)C1CC=CCC1C[C@H]1OC(C)(C)C[C@H]1Cc1ccccc1. The topological polar surface area (TPSA) is 35.5 Å². The summed E-state index contributed by atoms with van der Waals surface area (Å²) in [6, 6.07) is 10.7. The van der Waals surface area contributed by atoms with Crippen molar-refractivity contribution in [1.82, 2.24) is 0 Å². The molecule has 142 valence electrons. The largest absolute Gasteiger partial charge is 0.466 e. The van der Waals surface area contributed by atoms with Crippen molar-refractivity contribution in [3.8, 4) is 0 Å². The minimum atomic E-state index is -0.0892. The van der Waals surface area contributed by atoms with E-state index in [4.69, 9.17) is 9.47 Å². The van der Waals surface area contributed by atoms with Gasteiger partial charge in [0.1, 0.15) is 0 Å². The molecule has 1 aromatic rings. The van der Waals surface area contributed by atoms with Crippen molar-refractivity contribution in [2.45, 2.75) is 64.6 Å². The third kappa shape index (κ3) is 4.76. The van der Waals surface area contributed by atoms with Gasteiger partial charge in [-0.05, 0) is 70.3 Å². The van der Waals surface area contributed by atoms with Crippen LogP contribution in [0.15, 0.2) is 42.5 Å². The van der Waals surface area contributed by atoms with Crippen LogP contribution in [0.1, 0.15) is 52.0 Å². The fourth-order valence-electron chi connectivity index (χ4n) is 4.65. The number of benzene rings is 1. The Balaban J connectivity index is 1.70. The molecule has 0 saturated carbocycles. The summed E-state index contributed by atoms with van der Waals surface area (Å²) >= 11 is 0. The van der Waals surface area contributed by atoms with Gasteiger partial charge in [-0.3, -0.25) is 4.79 Å². The summed E-state index contributed by atoms with van der Waals surface area (Å²) in [6.45, 7) is 6.71. The molecule has 1 aliphatic carbocycles. The Labute approximate surface area is 157 Å². The van der Waals surface area contributed by atoms with Gasteiger partial charge in [-0.1, -0.05) is 42.5 Å². The van der Waals surface area contributed by atoms with Crippen LogP contribution < -0.4 is 0 Å². The minimum Gasteiger partial charge on any atom is -0.466 e. The zero-order valence-corrected chi connectivity index (χ0v) is 16.3. The van der Waals surface area contributed by atoms with Crippen LogP contribution in [0, 0.1) is 17.8 Å². The Bertz CT molecular complexity index is 620. The third-order valence-corrected chi connectivity index (χ3v) is 5.78. The number of esters is 1. The van der Waals surface area contributed by atoms with Crippen LogP contribution in [0.4, 0.5) is 0 Å². The second kappa shape index (κ2) is 8.39. The normalized spacial score (nSPS) is 30.3. The van der Waals surface area contributed by atoms with E-state index < -0.39 is 0 Å². The van der Waals surface area contributed by atoms with Crippen molar-refractivity contribution in [2.24, 2.45) is 17.8 Å². The Morgan fingerprint density at radius 1 is 1.15 bits per heavy atom. The average molecular weight is 357 g/mol. The van der Waals surface area contributed by atoms with Crippen molar-refractivity contribution in [1.29, 1.82) is 0 Å². The molecule has 1 aliphatic heterocycles. The molecule has 0 bridgehead atoms. The maximum atomic E-state index is 12.4. The molecule has 3 heteroatoms. The highest BCUT2D eigenvalue weighted by Crippen LogP contribution is 2.42. The quantitative estimate of drug-likeness (QED) is 0.534. The lowest BCUT2D eigenvalue weighted by Gasteiger charge is -2.31. The second-order valence-corrected chi connectivity index (χ2v) is 8.37. The fraction of sp³-hybridized carbons (Fsp3) is 0.609. The summed E-state index contributed by atoms with van der Waals surface area (Å²) < 4.78 is 11.8. The van der Waals surface area contributed by atoms with Gasteiger partial charge in [0.25, 0.3) is 0 Å². The predicted molar refractivity (Wildman–Crippen MR) is 104 cm³/mol. The van der Waals surface area contributed by atoms with Gasteiger partial charge in [-0.25, -0.2) is 0 Å². The van der Waals surface area contributed by atoms with E-state index in [9.17, 15) is 4.79 Å². The summed E-state index contributed by atoms with van der Waals surface area (Å²) in [7, 11) is 0. The monoisotopic (exact) mass is 356 g/mol. The minimum absolute atomic E-state index is 0.0235. The van der Waals surface area contributed by atoms with Crippen molar-refractivity contribution in [3.05, 3.63) is 48.0 Å². The zero-order valence-electron chi connectivity index (χ0n) is 16.3. The maximum Gasteiger partial charge on any atom is 0.309 e. The molecule has 1 heterocycles. The molecule has 4 atom stereocenters. The molecule has 0 spiro atoms. The van der Waals surface area contributed by atoms with Crippen molar-refractivity contribution < 1.29 is 14.3 Å². The molecule has 2 aliphatic rings. The molecular formula is C23H32O3. The van der Waals surface area contributed by atoms with Gasteiger partial charge in [-0.15, -0.1) is 0 Å². The highest BCUT2D eigenvalue weighted by Gasteiger charge is 2.42. The highest BCUT2D eigenvalue weighted by molar-refractivity contribution is 5.73. The lowest BCUT2D eigenvalue weighted by molar-refractivity contribution is -0.150. The Morgan fingerprint density at radius 2 is 1.88 bits per heavy atom. The first-order valence-electron chi connectivity index (χ1n) is 10.0. The number of hydrogen-bond acceptors (Lipinski definition) is 3. The molecule has 0 amide bonds. The summed E-state index contributed by atoms with van der Waals surface area (Å²) in [6.07, 6.45) is 9.34. The molecule has 1 fully saturated rings. The van der Waals surface area contributed by atoms with Crippen LogP contribution in [0.2, 0.25) is 0 Å². The van der Waals surface area contributed by atoms with Crippen molar-refractivity contribution in [2.75, 3.05) is 6.61 Å². The van der Waals surface area contributed by atoms with Gasteiger partial charge in [0.15, 0.2) is 0 Å². The van der Waals surface area contributed by atoms with Gasteiger partial charge < -0.3 is 9.47 Å². The molecule has 2 unspecified atom stereocenters. The number of carbonyl (C=O) groups excluding carboxylic acids is 1. The standard InChI is InChI=1S/C23H32O3/c1-4-25-22(24)20-13-9-8-12-18(20)15-21-19(16-23(2,3)26-21)14-17-10-6-5-7-11-17/h5-11,18-21H,4,12-16H2,1-3H3/t18?,19-,20?,21-/m1/s1. The van der Waals surface area contributed by atoms with Crippen molar-refractivity contribution in [3.63, 3.8) is 0 Å². The molecule has 3 rings (SSSR count). The van der Waals surface area contributed by atoms with Crippen LogP contribution in [0.5, 0.6) is 0 Å². The van der Waals surface area contributed by atoms with Gasteiger partial charge in [0.05, 0.1) is 24.2 Å². The number of hydrogen-bond donors (Lipinski definition) is 0. The van der Waals surface area contributed by atoms with Gasteiger partial charge in [-0.2, -0.15) is 0 Å². The van der Waals surface area contributed by atoms with Gasteiger partial charge in [0, 0.05) is 0 Å². The van der Waals surface area contributed by atoms with Crippen LogP contribution >= 0.6 is 0 Å². The summed E-state index contributed by atoms with van der Waals surface area (Å²) in [4.78, 5) is 12.4. The number of allylic oxidation sites excluding steroid dienone is 2.